The van der Waals surface area contributed by atoms with E-state index in [1.165, 1.54) is 7.11 Å². The molecule has 0 aromatic heterocycles. The van der Waals surface area contributed by atoms with Crippen LogP contribution in [0, 0.1) is 0 Å². The Kier molecular flexibility index (Phi) is 6.48. The van der Waals surface area contributed by atoms with Crippen molar-refractivity contribution in [3.8, 4) is 0 Å². The first kappa shape index (κ1) is 12.3. The quantitative estimate of drug-likeness (QED) is 0.493. The Bertz CT molecular complexity index is 148. The number of nitrogens with one attached hydrogen (secondary N) is 1. The number of hydrogen-bond donors (Lipinski definition) is 3. The number of rotatable bonds is 6. The Hall–Kier alpha value is -0.650. The summed E-state index contributed by atoms with van der Waals surface area (Å²) in [5, 5.41) is 11.4. The van der Waals surface area contributed by atoms with Crippen LogP contribution in [-0.4, -0.2) is 43.4 Å². The molecule has 1 amide bonds. The summed E-state index contributed by atoms with van der Waals surface area (Å²) in [6, 6.07) is -0.874. The fraction of sp³-hybridized carbons (Fsp3) is 0.875. The van der Waals surface area contributed by atoms with Crippen LogP contribution in [0.25, 0.3) is 0 Å². The molecule has 5 heteroatoms. The molecule has 0 radical (unpaired) electrons. The zero-order valence-electron chi connectivity index (χ0n) is 8.12. The summed E-state index contributed by atoms with van der Waals surface area (Å²) in [6.07, 6.45) is 0.682. The van der Waals surface area contributed by atoms with Crippen molar-refractivity contribution in [3.05, 3.63) is 0 Å². The Morgan fingerprint density at radius 3 is 2.69 bits per heavy atom. The van der Waals surface area contributed by atoms with Gasteiger partial charge in [0.1, 0.15) is 6.04 Å². The van der Waals surface area contributed by atoms with Gasteiger partial charge in [-0.3, -0.25) is 4.79 Å². The van der Waals surface area contributed by atoms with E-state index in [9.17, 15) is 4.79 Å². The molecule has 0 aromatic carbocycles. The van der Waals surface area contributed by atoms with Crippen molar-refractivity contribution in [2.45, 2.75) is 25.4 Å². The minimum absolute atomic E-state index is 0.0675. The molecule has 0 saturated carbocycles. The number of aliphatic hydroxyl groups is 1. The highest BCUT2D eigenvalue weighted by Crippen LogP contribution is 1.90. The molecule has 0 aliphatic heterocycles. The molecule has 0 fully saturated rings. The molecule has 0 aromatic rings. The SMILES string of the molecule is CCC(CO)NC(=O)C(N)COC. The maximum absolute atomic E-state index is 11.2. The van der Waals surface area contributed by atoms with Gasteiger partial charge >= 0.3 is 0 Å². The van der Waals surface area contributed by atoms with Crippen LogP contribution in [0.3, 0.4) is 0 Å². The molecule has 4 N–H and O–H groups in total. The molecule has 0 aliphatic carbocycles. The van der Waals surface area contributed by atoms with Crippen LogP contribution in [0.5, 0.6) is 0 Å². The molecule has 78 valence electrons. The second-order valence-electron chi connectivity index (χ2n) is 2.86. The highest BCUT2D eigenvalue weighted by Gasteiger charge is 2.15. The van der Waals surface area contributed by atoms with E-state index in [0.717, 1.165) is 0 Å². The van der Waals surface area contributed by atoms with Crippen molar-refractivity contribution >= 4 is 5.91 Å². The Morgan fingerprint density at radius 1 is 1.69 bits per heavy atom. The van der Waals surface area contributed by atoms with Crippen LogP contribution in [0.15, 0.2) is 0 Å². The lowest BCUT2D eigenvalue weighted by atomic mass is 10.2. The standard InChI is InChI=1S/C8H18N2O3/c1-3-6(4-11)10-8(12)7(9)5-13-2/h6-7,11H,3-5,9H2,1-2H3,(H,10,12). The average Bonchev–Trinajstić information content (AvgIpc) is 2.14. The van der Waals surface area contributed by atoms with E-state index in [4.69, 9.17) is 15.6 Å². The molecular formula is C8H18N2O3. The Balaban J connectivity index is 3.83. The molecule has 0 aliphatic rings. The third-order valence-electron chi connectivity index (χ3n) is 1.74. The average molecular weight is 190 g/mol. The third kappa shape index (κ3) is 4.82. The molecular weight excluding hydrogens is 172 g/mol. The lowest BCUT2D eigenvalue weighted by molar-refractivity contribution is -0.124. The van der Waals surface area contributed by atoms with Crippen molar-refractivity contribution in [3.63, 3.8) is 0 Å². The number of carbonyl (C=O) groups is 1. The third-order valence-corrected chi connectivity index (χ3v) is 1.74. The summed E-state index contributed by atoms with van der Waals surface area (Å²) >= 11 is 0. The lowest BCUT2D eigenvalue weighted by Crippen LogP contribution is -2.48. The van der Waals surface area contributed by atoms with E-state index in [1.54, 1.807) is 0 Å². The summed E-state index contributed by atoms with van der Waals surface area (Å²) in [4.78, 5) is 11.2. The summed E-state index contributed by atoms with van der Waals surface area (Å²) in [6.45, 7) is 2.00. The van der Waals surface area contributed by atoms with Gasteiger partial charge in [-0.05, 0) is 6.42 Å². The monoisotopic (exact) mass is 190 g/mol. The van der Waals surface area contributed by atoms with Crippen LogP contribution in [0.1, 0.15) is 13.3 Å². The topological polar surface area (TPSA) is 84.6 Å². The zero-order chi connectivity index (χ0) is 10.3. The molecule has 0 bridgehead atoms. The van der Waals surface area contributed by atoms with Gasteiger partial charge in [-0.15, -0.1) is 0 Å². The fourth-order valence-corrected chi connectivity index (χ4v) is 0.840. The first-order chi connectivity index (χ1) is 6.15. The zero-order valence-corrected chi connectivity index (χ0v) is 8.12. The van der Waals surface area contributed by atoms with Gasteiger partial charge in [-0.25, -0.2) is 0 Å². The smallest absolute Gasteiger partial charge is 0.239 e. The van der Waals surface area contributed by atoms with Crippen LogP contribution in [0.2, 0.25) is 0 Å². The number of methoxy groups -OCH3 is 1. The number of carbonyl (C=O) groups excluding carboxylic acids is 1. The van der Waals surface area contributed by atoms with E-state index in [1.807, 2.05) is 6.92 Å². The predicted octanol–water partition coefficient (Wildman–Crippen LogP) is -1.15. The Morgan fingerprint density at radius 2 is 2.31 bits per heavy atom. The number of nitrogens with two attached hydrogens (primary N) is 1. The van der Waals surface area contributed by atoms with Crippen LogP contribution >= 0.6 is 0 Å². The van der Waals surface area contributed by atoms with Crippen molar-refractivity contribution in [2.75, 3.05) is 20.3 Å². The first-order valence-electron chi connectivity index (χ1n) is 4.31. The van der Waals surface area contributed by atoms with E-state index in [-0.39, 0.29) is 25.2 Å². The van der Waals surface area contributed by atoms with Gasteiger partial charge < -0.3 is 20.9 Å². The lowest BCUT2D eigenvalue weighted by Gasteiger charge is -2.17. The van der Waals surface area contributed by atoms with E-state index < -0.39 is 6.04 Å². The molecule has 2 unspecified atom stereocenters. The van der Waals surface area contributed by atoms with Crippen LogP contribution in [-0.2, 0) is 9.53 Å². The molecule has 0 saturated heterocycles. The summed E-state index contributed by atoms with van der Waals surface area (Å²) < 4.78 is 4.73. The minimum atomic E-state index is -0.661. The largest absolute Gasteiger partial charge is 0.394 e. The predicted molar refractivity (Wildman–Crippen MR) is 49.2 cm³/mol. The summed E-state index contributed by atoms with van der Waals surface area (Å²) in [5.74, 6) is -0.289. The van der Waals surface area contributed by atoms with Crippen molar-refractivity contribution < 1.29 is 14.6 Å². The van der Waals surface area contributed by atoms with E-state index >= 15 is 0 Å². The molecule has 0 heterocycles. The van der Waals surface area contributed by atoms with Gasteiger partial charge in [0.25, 0.3) is 0 Å². The number of ether oxygens (including phenoxy) is 1. The van der Waals surface area contributed by atoms with E-state index in [2.05, 4.69) is 5.32 Å². The van der Waals surface area contributed by atoms with Crippen LogP contribution in [0.4, 0.5) is 0 Å². The minimum Gasteiger partial charge on any atom is -0.394 e. The summed E-state index contributed by atoms with van der Waals surface area (Å²) in [5.41, 5.74) is 5.47. The number of amides is 1. The molecule has 2 atom stereocenters. The maximum Gasteiger partial charge on any atom is 0.239 e. The number of hydrogen-bond acceptors (Lipinski definition) is 4. The fourth-order valence-electron chi connectivity index (χ4n) is 0.840. The second-order valence-corrected chi connectivity index (χ2v) is 2.86. The maximum atomic E-state index is 11.2. The second kappa shape index (κ2) is 6.82. The molecule has 0 spiro atoms. The van der Waals surface area contributed by atoms with Gasteiger partial charge in [0, 0.05) is 7.11 Å². The van der Waals surface area contributed by atoms with Crippen molar-refractivity contribution in [2.24, 2.45) is 5.73 Å². The van der Waals surface area contributed by atoms with Crippen LogP contribution < -0.4 is 11.1 Å². The normalized spacial score (nSPS) is 15.1. The van der Waals surface area contributed by atoms with Gasteiger partial charge in [-0.1, -0.05) is 6.92 Å². The van der Waals surface area contributed by atoms with Gasteiger partial charge in [0.15, 0.2) is 0 Å². The highest BCUT2D eigenvalue weighted by molar-refractivity contribution is 5.81. The highest BCUT2D eigenvalue weighted by atomic mass is 16.5. The Labute approximate surface area is 78.3 Å². The van der Waals surface area contributed by atoms with Gasteiger partial charge in [0.2, 0.25) is 5.91 Å². The molecule has 0 rings (SSSR count). The van der Waals surface area contributed by atoms with Gasteiger partial charge in [0.05, 0.1) is 19.3 Å². The first-order valence-corrected chi connectivity index (χ1v) is 4.31. The van der Waals surface area contributed by atoms with Gasteiger partial charge in [-0.2, -0.15) is 0 Å². The van der Waals surface area contributed by atoms with Crippen molar-refractivity contribution in [1.82, 2.24) is 5.32 Å². The summed E-state index contributed by atoms with van der Waals surface area (Å²) in [7, 11) is 1.48. The van der Waals surface area contributed by atoms with E-state index in [0.29, 0.717) is 6.42 Å². The molecule has 5 nitrogen and oxygen atoms in total. The molecule has 13 heavy (non-hydrogen) atoms. The van der Waals surface area contributed by atoms with Crippen molar-refractivity contribution in [1.29, 1.82) is 0 Å². The number of aliphatic hydroxyl groups excluding tert-OH is 1.